The molecule has 0 aliphatic heterocycles. The van der Waals surface area contributed by atoms with Gasteiger partial charge in [-0.15, -0.1) is 0 Å². The first kappa shape index (κ1) is 20.0. The molecule has 0 spiro atoms. The average molecular weight is 463 g/mol. The lowest BCUT2D eigenvalue weighted by Crippen LogP contribution is -3.00. The monoisotopic (exact) mass is 463 g/mol. The number of methoxy groups -OCH3 is 3. The van der Waals surface area contributed by atoms with E-state index < -0.39 is 0 Å². The average Bonchev–Trinajstić information content (AvgIpc) is 2.67. The molecule has 0 amide bonds. The summed E-state index contributed by atoms with van der Waals surface area (Å²) in [4.78, 5) is 0. The molecule has 3 rings (SSSR count). The molecule has 0 bridgehead atoms. The van der Waals surface area contributed by atoms with Crippen molar-refractivity contribution in [3.05, 3.63) is 59.8 Å². The Balaban J connectivity index is 0.00000243. The minimum Gasteiger partial charge on any atom is -1.00 e. The van der Waals surface area contributed by atoms with E-state index in [0.29, 0.717) is 11.5 Å². The number of benzene rings is 2. The molecule has 0 saturated carbocycles. The first-order valence-electron chi connectivity index (χ1n) is 8.03. The van der Waals surface area contributed by atoms with Crippen molar-refractivity contribution in [1.82, 2.24) is 0 Å². The van der Waals surface area contributed by atoms with Gasteiger partial charge in [0.25, 0.3) is 0 Å². The highest BCUT2D eigenvalue weighted by Crippen LogP contribution is 2.35. The molecule has 0 unspecified atom stereocenters. The lowest BCUT2D eigenvalue weighted by Gasteiger charge is -2.12. The summed E-state index contributed by atoms with van der Waals surface area (Å²) in [5.41, 5.74) is 3.20. The van der Waals surface area contributed by atoms with Gasteiger partial charge in [-0.1, -0.05) is 12.1 Å². The molecule has 0 N–H and O–H groups in total. The van der Waals surface area contributed by atoms with Gasteiger partial charge in [0.2, 0.25) is 11.2 Å². The third-order valence-corrected chi connectivity index (χ3v) is 4.29. The Bertz CT molecular complexity index is 938. The summed E-state index contributed by atoms with van der Waals surface area (Å²) < 4.78 is 18.4. The van der Waals surface area contributed by atoms with Crippen LogP contribution < -0.4 is 42.8 Å². The molecule has 2 aromatic carbocycles. The third kappa shape index (κ3) is 3.93. The summed E-state index contributed by atoms with van der Waals surface area (Å²) in [7, 11) is 6.95. The summed E-state index contributed by atoms with van der Waals surface area (Å²) >= 11 is 0. The van der Waals surface area contributed by atoms with Gasteiger partial charge >= 0.3 is 0 Å². The summed E-state index contributed by atoms with van der Waals surface area (Å²) in [5.74, 6) is 2.05. The van der Waals surface area contributed by atoms with Crippen molar-refractivity contribution < 1.29 is 42.8 Å². The molecule has 0 radical (unpaired) electrons. The first-order valence-corrected chi connectivity index (χ1v) is 8.03. The summed E-state index contributed by atoms with van der Waals surface area (Å²) in [5, 5.41) is 1.21. The van der Waals surface area contributed by atoms with Crippen molar-refractivity contribution in [2.45, 2.75) is 0 Å². The predicted octanol–water partition coefficient (Wildman–Crippen LogP) is 0.864. The summed E-state index contributed by atoms with van der Waals surface area (Å²) in [6, 6.07) is 16.3. The standard InChI is InChI=1S/C21H22NO3.HI/c1-22-17(11-9-15-7-5-6-8-18(15)22)12-10-16-13-20(24-3)21(25-4)14-19(16)23-2;/h5-14H,1-4H3;1H/q+1;/p-1. The highest BCUT2D eigenvalue weighted by molar-refractivity contribution is 5.78. The number of rotatable bonds is 5. The molecule has 4 nitrogen and oxygen atoms in total. The quantitative estimate of drug-likeness (QED) is 0.416. The van der Waals surface area contributed by atoms with Gasteiger partial charge in [0, 0.05) is 35.2 Å². The molecule has 0 fully saturated rings. The Morgan fingerprint density at radius 2 is 1.42 bits per heavy atom. The maximum Gasteiger partial charge on any atom is 0.212 e. The van der Waals surface area contributed by atoms with Crippen LogP contribution in [-0.2, 0) is 7.05 Å². The van der Waals surface area contributed by atoms with Gasteiger partial charge in [0.05, 0.1) is 21.3 Å². The van der Waals surface area contributed by atoms with E-state index in [1.54, 1.807) is 21.3 Å². The fraction of sp³-hybridized carbons (Fsp3) is 0.190. The smallest absolute Gasteiger partial charge is 0.212 e. The zero-order valence-electron chi connectivity index (χ0n) is 15.3. The zero-order chi connectivity index (χ0) is 17.8. The van der Waals surface area contributed by atoms with Crippen LogP contribution in [0.2, 0.25) is 0 Å². The van der Waals surface area contributed by atoms with Crippen LogP contribution in [0, 0.1) is 0 Å². The Morgan fingerprint density at radius 3 is 2.12 bits per heavy atom. The van der Waals surface area contributed by atoms with Crippen molar-refractivity contribution in [2.24, 2.45) is 7.05 Å². The normalized spacial score (nSPS) is 10.6. The van der Waals surface area contributed by atoms with Gasteiger partial charge in [0.1, 0.15) is 12.8 Å². The van der Waals surface area contributed by atoms with Crippen molar-refractivity contribution in [3.8, 4) is 17.2 Å². The lowest BCUT2D eigenvalue weighted by molar-refractivity contribution is -0.646. The number of aryl methyl sites for hydroxylation is 1. The van der Waals surface area contributed by atoms with Gasteiger partial charge in [0.15, 0.2) is 11.5 Å². The molecular formula is C21H22INO3. The van der Waals surface area contributed by atoms with E-state index in [1.165, 1.54) is 10.9 Å². The minimum atomic E-state index is 0. The number of ether oxygens (including phenoxy) is 3. The zero-order valence-corrected chi connectivity index (χ0v) is 17.5. The van der Waals surface area contributed by atoms with E-state index in [0.717, 1.165) is 17.0 Å². The molecule has 0 saturated heterocycles. The van der Waals surface area contributed by atoms with Crippen LogP contribution >= 0.6 is 0 Å². The predicted molar refractivity (Wildman–Crippen MR) is 100 cm³/mol. The van der Waals surface area contributed by atoms with Crippen molar-refractivity contribution >= 4 is 23.1 Å². The Labute approximate surface area is 171 Å². The largest absolute Gasteiger partial charge is 1.00 e. The van der Waals surface area contributed by atoms with Crippen LogP contribution in [0.25, 0.3) is 23.1 Å². The van der Waals surface area contributed by atoms with Crippen LogP contribution in [0.1, 0.15) is 11.3 Å². The number of nitrogens with zero attached hydrogens (tertiary/aromatic N) is 1. The summed E-state index contributed by atoms with van der Waals surface area (Å²) in [6.45, 7) is 0. The number of fused-ring (bicyclic) bond motifs is 1. The second-order valence-electron chi connectivity index (χ2n) is 5.66. The Morgan fingerprint density at radius 1 is 0.769 bits per heavy atom. The van der Waals surface area contributed by atoms with E-state index in [4.69, 9.17) is 14.2 Å². The number of hydrogen-bond donors (Lipinski definition) is 0. The molecule has 5 heteroatoms. The highest BCUT2D eigenvalue weighted by atomic mass is 127. The molecule has 136 valence electrons. The second-order valence-corrected chi connectivity index (χ2v) is 5.66. The second kappa shape index (κ2) is 8.89. The number of pyridine rings is 1. The number of para-hydroxylation sites is 1. The molecule has 1 aromatic heterocycles. The first-order chi connectivity index (χ1) is 12.2. The van der Waals surface area contributed by atoms with E-state index in [2.05, 4.69) is 42.0 Å². The van der Waals surface area contributed by atoms with Crippen LogP contribution in [0.3, 0.4) is 0 Å². The number of halogens is 1. The van der Waals surface area contributed by atoms with E-state index in [1.807, 2.05) is 30.3 Å². The minimum absolute atomic E-state index is 0. The van der Waals surface area contributed by atoms with Gasteiger partial charge in [-0.3, -0.25) is 0 Å². The van der Waals surface area contributed by atoms with Crippen molar-refractivity contribution in [1.29, 1.82) is 0 Å². The topological polar surface area (TPSA) is 31.6 Å². The number of aromatic nitrogens is 1. The molecule has 0 atom stereocenters. The van der Waals surface area contributed by atoms with Gasteiger partial charge in [-0.25, -0.2) is 0 Å². The van der Waals surface area contributed by atoms with Gasteiger partial charge < -0.3 is 38.2 Å². The number of hydrogen-bond acceptors (Lipinski definition) is 3. The van der Waals surface area contributed by atoms with Crippen molar-refractivity contribution in [2.75, 3.05) is 21.3 Å². The van der Waals surface area contributed by atoms with Crippen molar-refractivity contribution in [3.63, 3.8) is 0 Å². The maximum absolute atomic E-state index is 5.48. The van der Waals surface area contributed by atoms with E-state index in [9.17, 15) is 0 Å². The van der Waals surface area contributed by atoms with E-state index >= 15 is 0 Å². The fourth-order valence-corrected chi connectivity index (χ4v) is 2.89. The van der Waals surface area contributed by atoms with Crippen LogP contribution in [0.4, 0.5) is 0 Å². The molecule has 0 aliphatic carbocycles. The Hall–Kier alpha value is -2.28. The lowest BCUT2D eigenvalue weighted by atomic mass is 10.1. The third-order valence-electron chi connectivity index (χ3n) is 4.29. The molecular weight excluding hydrogens is 441 g/mol. The fourth-order valence-electron chi connectivity index (χ4n) is 2.89. The van der Waals surface area contributed by atoms with Gasteiger partial charge in [-0.05, 0) is 24.3 Å². The SMILES string of the molecule is COc1cc(OC)c(OC)cc1C=Cc1ccc2ccccc2[n+]1C.[I-]. The molecule has 3 aromatic rings. The summed E-state index contributed by atoms with van der Waals surface area (Å²) in [6.07, 6.45) is 4.08. The van der Waals surface area contributed by atoms with Crippen LogP contribution in [-0.4, -0.2) is 21.3 Å². The van der Waals surface area contributed by atoms with Crippen LogP contribution in [0.15, 0.2) is 48.5 Å². The molecule has 26 heavy (non-hydrogen) atoms. The van der Waals surface area contributed by atoms with Crippen LogP contribution in [0.5, 0.6) is 17.2 Å². The van der Waals surface area contributed by atoms with E-state index in [-0.39, 0.29) is 24.0 Å². The maximum atomic E-state index is 5.48. The molecule has 1 heterocycles. The molecule has 0 aliphatic rings. The van der Waals surface area contributed by atoms with Gasteiger partial charge in [-0.2, -0.15) is 4.57 Å². The highest BCUT2D eigenvalue weighted by Gasteiger charge is 2.12. The Kier molecular flexibility index (Phi) is 6.85.